The van der Waals surface area contributed by atoms with Gasteiger partial charge in [0.2, 0.25) is 0 Å². The van der Waals surface area contributed by atoms with Crippen LogP contribution in [0.25, 0.3) is 0 Å². The van der Waals surface area contributed by atoms with Crippen LogP contribution in [0.1, 0.15) is 58.6 Å². The number of anilines is 1. The largest absolute Gasteiger partial charge is 0.347 e. The number of carbonyl (C=O) groups excluding carboxylic acids is 2. The van der Waals surface area contributed by atoms with Crippen molar-refractivity contribution in [3.8, 4) is 0 Å². The molecule has 0 aromatic carbocycles. The molecule has 2 N–H and O–H groups in total. The summed E-state index contributed by atoms with van der Waals surface area (Å²) in [4.78, 5) is 29.4. The fourth-order valence-electron chi connectivity index (χ4n) is 4.09. The number of nitrogens with zero attached hydrogens (tertiary/aromatic N) is 2. The molecule has 2 aliphatic carbocycles. The quantitative estimate of drug-likeness (QED) is 0.653. The van der Waals surface area contributed by atoms with Gasteiger partial charge in [0.05, 0.1) is 9.75 Å². The minimum Gasteiger partial charge on any atom is -0.347 e. The van der Waals surface area contributed by atoms with Crippen LogP contribution < -0.4 is 10.6 Å². The topological polar surface area (TPSA) is 76.0 Å². The molecule has 0 atom stereocenters. The van der Waals surface area contributed by atoms with E-state index in [1.807, 2.05) is 25.4 Å². The Kier molecular flexibility index (Phi) is 4.75. The van der Waals surface area contributed by atoms with E-state index in [4.69, 9.17) is 0 Å². The highest BCUT2D eigenvalue weighted by Gasteiger charge is 2.21. The minimum atomic E-state index is -0.134. The number of thiophene rings is 2. The van der Waals surface area contributed by atoms with Crippen molar-refractivity contribution in [2.45, 2.75) is 45.1 Å². The van der Waals surface area contributed by atoms with Crippen LogP contribution in [0.3, 0.4) is 0 Å². The minimum absolute atomic E-state index is 0.0692. The molecule has 0 bridgehead atoms. The zero-order valence-electron chi connectivity index (χ0n) is 16.2. The van der Waals surface area contributed by atoms with Gasteiger partial charge in [0.1, 0.15) is 0 Å². The molecule has 2 amide bonds. The molecule has 2 aliphatic rings. The van der Waals surface area contributed by atoms with Crippen molar-refractivity contribution in [3.05, 3.63) is 54.5 Å². The summed E-state index contributed by atoms with van der Waals surface area (Å²) < 4.78 is 1.66. The highest BCUT2D eigenvalue weighted by atomic mass is 32.1. The van der Waals surface area contributed by atoms with Gasteiger partial charge in [-0.3, -0.25) is 14.3 Å². The molecule has 29 heavy (non-hydrogen) atoms. The van der Waals surface area contributed by atoms with E-state index >= 15 is 0 Å². The molecule has 6 nitrogen and oxygen atoms in total. The van der Waals surface area contributed by atoms with Crippen LogP contribution in [-0.2, 0) is 39.3 Å². The summed E-state index contributed by atoms with van der Waals surface area (Å²) >= 11 is 3.17. The molecule has 0 radical (unpaired) electrons. The van der Waals surface area contributed by atoms with E-state index in [1.165, 1.54) is 33.7 Å². The fraction of sp³-hybridized carbons (Fsp3) is 0.381. The lowest BCUT2D eigenvalue weighted by atomic mass is 10.2. The zero-order valence-corrected chi connectivity index (χ0v) is 17.8. The first kappa shape index (κ1) is 18.6. The number of rotatable bonds is 5. The summed E-state index contributed by atoms with van der Waals surface area (Å²) in [6, 6.07) is 4.02. The van der Waals surface area contributed by atoms with Gasteiger partial charge in [-0.1, -0.05) is 0 Å². The molecule has 150 valence electrons. The average Bonchev–Trinajstić information content (AvgIpc) is 3.45. The number of hydrogen-bond donors (Lipinski definition) is 2. The number of carbonyl (C=O) groups is 2. The Bertz CT molecular complexity index is 1070. The Morgan fingerprint density at radius 1 is 1.00 bits per heavy atom. The van der Waals surface area contributed by atoms with Gasteiger partial charge < -0.3 is 10.6 Å². The third kappa shape index (κ3) is 3.62. The van der Waals surface area contributed by atoms with Crippen molar-refractivity contribution in [1.29, 1.82) is 0 Å². The van der Waals surface area contributed by atoms with E-state index in [0.717, 1.165) is 41.0 Å². The van der Waals surface area contributed by atoms with E-state index in [9.17, 15) is 9.59 Å². The third-order valence-corrected chi connectivity index (χ3v) is 7.99. The Hall–Kier alpha value is -2.45. The SMILES string of the molecule is Cn1cc(CNC(=O)c2cc3c(s2)CCC3)c(NC(=O)c2cc3c(s2)CCC3)n1. The second kappa shape index (κ2) is 7.42. The first-order valence-corrected chi connectivity index (χ1v) is 11.6. The molecule has 3 heterocycles. The summed E-state index contributed by atoms with van der Waals surface area (Å²) in [7, 11) is 1.81. The maximum atomic E-state index is 12.7. The monoisotopic (exact) mass is 426 g/mol. The molecule has 5 rings (SSSR count). The lowest BCUT2D eigenvalue weighted by molar-refractivity contribution is 0.0954. The van der Waals surface area contributed by atoms with E-state index in [0.29, 0.717) is 12.4 Å². The lowest BCUT2D eigenvalue weighted by Crippen LogP contribution is -2.22. The fourth-order valence-corrected chi connectivity index (χ4v) is 6.40. The van der Waals surface area contributed by atoms with Gasteiger partial charge in [0.15, 0.2) is 5.82 Å². The van der Waals surface area contributed by atoms with Gasteiger partial charge in [0.25, 0.3) is 11.8 Å². The number of hydrogen-bond acceptors (Lipinski definition) is 5. The Morgan fingerprint density at radius 3 is 2.24 bits per heavy atom. The van der Waals surface area contributed by atoms with Gasteiger partial charge >= 0.3 is 0 Å². The predicted octanol–water partition coefficient (Wildman–Crippen LogP) is 3.70. The smallest absolute Gasteiger partial charge is 0.266 e. The van der Waals surface area contributed by atoms with Gasteiger partial charge in [-0.15, -0.1) is 22.7 Å². The van der Waals surface area contributed by atoms with Crippen molar-refractivity contribution in [2.75, 3.05) is 5.32 Å². The predicted molar refractivity (Wildman–Crippen MR) is 115 cm³/mol. The number of fused-ring (bicyclic) bond motifs is 2. The zero-order chi connectivity index (χ0) is 20.0. The molecule has 8 heteroatoms. The van der Waals surface area contributed by atoms with Crippen molar-refractivity contribution >= 4 is 40.3 Å². The summed E-state index contributed by atoms with van der Waals surface area (Å²) in [5, 5.41) is 10.3. The van der Waals surface area contributed by atoms with Crippen molar-refractivity contribution in [2.24, 2.45) is 7.05 Å². The molecule has 3 aromatic rings. The maximum Gasteiger partial charge on any atom is 0.266 e. The Labute approximate surface area is 176 Å². The van der Waals surface area contributed by atoms with Crippen molar-refractivity contribution in [1.82, 2.24) is 15.1 Å². The summed E-state index contributed by atoms with van der Waals surface area (Å²) in [5.41, 5.74) is 3.41. The van der Waals surface area contributed by atoms with E-state index < -0.39 is 0 Å². The maximum absolute atomic E-state index is 12.7. The van der Waals surface area contributed by atoms with Gasteiger partial charge in [0, 0.05) is 35.1 Å². The average molecular weight is 427 g/mol. The van der Waals surface area contributed by atoms with E-state index in [-0.39, 0.29) is 11.8 Å². The molecule has 3 aromatic heterocycles. The van der Waals surface area contributed by atoms with Crippen LogP contribution in [0.5, 0.6) is 0 Å². The molecule has 0 unspecified atom stereocenters. The Morgan fingerprint density at radius 2 is 1.62 bits per heavy atom. The highest BCUT2D eigenvalue weighted by molar-refractivity contribution is 7.14. The first-order valence-electron chi connectivity index (χ1n) is 9.92. The van der Waals surface area contributed by atoms with Gasteiger partial charge in [-0.25, -0.2) is 0 Å². The summed E-state index contributed by atoms with van der Waals surface area (Å²) in [6.45, 7) is 0.325. The molecule has 0 spiro atoms. The first-order chi connectivity index (χ1) is 14.1. The molecule has 0 saturated heterocycles. The molecule has 0 aliphatic heterocycles. The van der Waals surface area contributed by atoms with Gasteiger partial charge in [-0.2, -0.15) is 5.10 Å². The summed E-state index contributed by atoms with van der Waals surface area (Å²) in [6.07, 6.45) is 8.49. The molecule has 0 saturated carbocycles. The standard InChI is InChI=1S/C21H22N4O2S2/c1-25-11-14(10-22-20(26)17-8-12-4-2-6-15(12)28-17)19(24-25)23-21(27)18-9-13-5-3-7-16(13)29-18/h8-9,11H,2-7,10H2,1H3,(H,22,26)(H,23,24,27). The van der Waals surface area contributed by atoms with Crippen molar-refractivity contribution < 1.29 is 9.59 Å². The second-order valence-corrected chi connectivity index (χ2v) is 9.91. The van der Waals surface area contributed by atoms with Crippen LogP contribution in [0.2, 0.25) is 0 Å². The molecular weight excluding hydrogens is 404 g/mol. The highest BCUT2D eigenvalue weighted by Crippen LogP contribution is 2.32. The van der Waals surface area contributed by atoms with Crippen LogP contribution in [-0.4, -0.2) is 21.6 Å². The van der Waals surface area contributed by atoms with Crippen LogP contribution in [0, 0.1) is 0 Å². The van der Waals surface area contributed by atoms with Crippen LogP contribution in [0.15, 0.2) is 18.3 Å². The van der Waals surface area contributed by atoms with Crippen LogP contribution in [0.4, 0.5) is 5.82 Å². The number of amides is 2. The van der Waals surface area contributed by atoms with E-state index in [1.54, 1.807) is 27.4 Å². The van der Waals surface area contributed by atoms with Crippen LogP contribution >= 0.6 is 22.7 Å². The number of aryl methyl sites for hydroxylation is 5. The lowest BCUT2D eigenvalue weighted by Gasteiger charge is -2.05. The third-order valence-electron chi connectivity index (χ3n) is 5.52. The summed E-state index contributed by atoms with van der Waals surface area (Å²) in [5.74, 6) is 0.297. The van der Waals surface area contributed by atoms with E-state index in [2.05, 4.69) is 15.7 Å². The molecular formula is C21H22N4O2S2. The second-order valence-electron chi connectivity index (χ2n) is 7.64. The number of nitrogens with one attached hydrogen (secondary N) is 2. The number of aromatic nitrogens is 2. The molecule has 0 fully saturated rings. The normalized spacial score (nSPS) is 14.7. The van der Waals surface area contributed by atoms with Gasteiger partial charge in [-0.05, 0) is 61.8 Å². The Balaban J connectivity index is 1.26. The van der Waals surface area contributed by atoms with Crippen molar-refractivity contribution in [3.63, 3.8) is 0 Å².